The number of benzene rings is 2. The van der Waals surface area contributed by atoms with Crippen molar-refractivity contribution >= 4 is 30.0 Å². The van der Waals surface area contributed by atoms with E-state index >= 15 is 0 Å². The highest BCUT2D eigenvalue weighted by molar-refractivity contribution is 6.62. The molecule has 0 unspecified atom stereocenters. The Morgan fingerprint density at radius 1 is 0.936 bits per heavy atom. The number of likely N-dealkylation sites (tertiary alicyclic amines) is 2. The molecule has 1 amide bonds. The average molecular weight is 638 g/mol. The minimum absolute atomic E-state index is 0.00804. The number of allylic oxidation sites excluding steroid dienone is 1. The topological polar surface area (TPSA) is 63.6 Å². The van der Waals surface area contributed by atoms with Crippen LogP contribution in [-0.2, 0) is 25.9 Å². The van der Waals surface area contributed by atoms with Crippen LogP contribution in [0.5, 0.6) is 0 Å². The molecular formula is C39H52BN3O4. The molecule has 4 aliphatic heterocycles. The standard InChI is InChI=1S/C39H52BN3O4/c1-36(2,3)45-35(44)43-21-9-10-33(43)32-24-28(25-41-32)26-11-13-27(14-12-26)29-15-16-31(40-46-37(4,5)38(6,7)47-40)30-17-18-39(34(29)30)19-22-42(8)23-20-39/h11-16,25,33H,9-10,17-24H2,1-8H3/t33-/m0/s1. The summed E-state index contributed by atoms with van der Waals surface area (Å²) in [7, 11) is 1.90. The predicted octanol–water partition coefficient (Wildman–Crippen LogP) is 7.15. The van der Waals surface area contributed by atoms with Crippen molar-refractivity contribution in [3.8, 4) is 11.1 Å². The van der Waals surface area contributed by atoms with Crippen LogP contribution in [-0.4, -0.2) is 78.3 Å². The Morgan fingerprint density at radius 3 is 2.26 bits per heavy atom. The van der Waals surface area contributed by atoms with E-state index in [1.807, 2.05) is 31.9 Å². The van der Waals surface area contributed by atoms with Crippen molar-refractivity contribution in [2.24, 2.45) is 4.99 Å². The normalized spacial score (nSPS) is 24.9. The van der Waals surface area contributed by atoms with E-state index in [2.05, 4.69) is 76.0 Å². The van der Waals surface area contributed by atoms with Crippen molar-refractivity contribution in [3.05, 3.63) is 59.3 Å². The van der Waals surface area contributed by atoms with Gasteiger partial charge in [0.25, 0.3) is 0 Å². The van der Waals surface area contributed by atoms with E-state index in [0.717, 1.165) is 51.0 Å². The Bertz CT molecular complexity index is 1600. The summed E-state index contributed by atoms with van der Waals surface area (Å²) in [6.07, 6.45) is 9.06. The first-order valence-electron chi connectivity index (χ1n) is 17.7. The smallest absolute Gasteiger partial charge is 0.444 e. The number of carbonyl (C=O) groups excluding carboxylic acids is 1. The molecule has 0 N–H and O–H groups in total. The number of piperidine rings is 1. The number of rotatable bonds is 4. The third-order valence-corrected chi connectivity index (χ3v) is 11.8. The Balaban J connectivity index is 1.14. The van der Waals surface area contributed by atoms with Crippen LogP contribution < -0.4 is 5.46 Å². The predicted molar refractivity (Wildman–Crippen MR) is 190 cm³/mol. The van der Waals surface area contributed by atoms with E-state index < -0.39 is 5.60 Å². The van der Waals surface area contributed by atoms with Crippen molar-refractivity contribution < 1.29 is 18.8 Å². The first kappa shape index (κ1) is 32.6. The number of ether oxygens (including phenoxy) is 1. The van der Waals surface area contributed by atoms with Crippen LogP contribution in [0.2, 0.25) is 0 Å². The summed E-state index contributed by atoms with van der Waals surface area (Å²) >= 11 is 0. The number of amides is 1. The summed E-state index contributed by atoms with van der Waals surface area (Å²) in [4.78, 5) is 22.1. The van der Waals surface area contributed by atoms with Gasteiger partial charge in [-0.3, -0.25) is 9.89 Å². The molecule has 5 aliphatic rings. The molecule has 7 rings (SSSR count). The molecule has 3 fully saturated rings. The van der Waals surface area contributed by atoms with E-state index in [0.29, 0.717) is 0 Å². The van der Waals surface area contributed by atoms with Gasteiger partial charge in [-0.05, 0) is 151 Å². The molecule has 2 aromatic rings. The van der Waals surface area contributed by atoms with E-state index in [4.69, 9.17) is 19.0 Å². The highest BCUT2D eigenvalue weighted by Gasteiger charge is 2.53. The van der Waals surface area contributed by atoms with Crippen LogP contribution in [0.4, 0.5) is 4.79 Å². The minimum Gasteiger partial charge on any atom is -0.444 e. The van der Waals surface area contributed by atoms with E-state index in [1.165, 1.54) is 58.1 Å². The van der Waals surface area contributed by atoms with Gasteiger partial charge in [-0.2, -0.15) is 0 Å². The maximum absolute atomic E-state index is 12.9. The van der Waals surface area contributed by atoms with Crippen molar-refractivity contribution in [3.63, 3.8) is 0 Å². The van der Waals surface area contributed by atoms with Gasteiger partial charge in [-0.15, -0.1) is 0 Å². The van der Waals surface area contributed by atoms with Crippen LogP contribution in [0.3, 0.4) is 0 Å². The zero-order valence-corrected chi connectivity index (χ0v) is 29.7. The molecule has 4 heterocycles. The van der Waals surface area contributed by atoms with Crippen molar-refractivity contribution in [1.82, 2.24) is 9.80 Å². The molecule has 1 spiro atoms. The summed E-state index contributed by atoms with van der Waals surface area (Å²) in [6.45, 7) is 17.3. The Hall–Kier alpha value is -2.94. The first-order valence-corrected chi connectivity index (χ1v) is 17.7. The molecule has 0 saturated carbocycles. The van der Waals surface area contributed by atoms with Gasteiger partial charge in [-0.1, -0.05) is 36.4 Å². The van der Waals surface area contributed by atoms with Gasteiger partial charge in [0.15, 0.2) is 0 Å². The zero-order chi connectivity index (χ0) is 33.4. The lowest BCUT2D eigenvalue weighted by atomic mass is 9.68. The van der Waals surface area contributed by atoms with E-state index in [-0.39, 0.29) is 35.9 Å². The second-order valence-electron chi connectivity index (χ2n) is 16.6. The van der Waals surface area contributed by atoms with Gasteiger partial charge in [0.2, 0.25) is 0 Å². The third kappa shape index (κ3) is 5.89. The molecule has 0 aromatic heterocycles. The second kappa shape index (κ2) is 11.6. The van der Waals surface area contributed by atoms with Crippen LogP contribution in [0.25, 0.3) is 16.7 Å². The number of hydrogen-bond acceptors (Lipinski definition) is 6. The highest BCUT2D eigenvalue weighted by atomic mass is 16.7. The molecule has 47 heavy (non-hydrogen) atoms. The number of aliphatic imine (C=N–C) groups is 1. The van der Waals surface area contributed by atoms with Crippen LogP contribution in [0, 0.1) is 0 Å². The number of carbonyl (C=O) groups is 1. The second-order valence-corrected chi connectivity index (χ2v) is 16.6. The van der Waals surface area contributed by atoms with E-state index in [1.54, 1.807) is 0 Å². The van der Waals surface area contributed by atoms with Gasteiger partial charge < -0.3 is 18.9 Å². The molecule has 250 valence electrons. The Morgan fingerprint density at radius 2 is 1.60 bits per heavy atom. The van der Waals surface area contributed by atoms with Gasteiger partial charge in [0.05, 0.1) is 17.2 Å². The van der Waals surface area contributed by atoms with Crippen LogP contribution in [0.1, 0.15) is 104 Å². The fourth-order valence-corrected chi connectivity index (χ4v) is 8.35. The number of nitrogens with zero attached hydrogens (tertiary/aromatic N) is 3. The van der Waals surface area contributed by atoms with Crippen LogP contribution >= 0.6 is 0 Å². The Labute approximate surface area is 281 Å². The lowest BCUT2D eigenvalue weighted by Gasteiger charge is -2.40. The zero-order valence-electron chi connectivity index (χ0n) is 29.7. The fraction of sp³-hybridized carbons (Fsp3) is 0.590. The lowest BCUT2D eigenvalue weighted by molar-refractivity contribution is 0.00578. The molecule has 1 atom stereocenters. The summed E-state index contributed by atoms with van der Waals surface area (Å²) < 4.78 is 18.9. The number of hydrogen-bond donors (Lipinski definition) is 0. The minimum atomic E-state index is -0.508. The summed E-state index contributed by atoms with van der Waals surface area (Å²) in [5, 5.41) is 0. The summed E-state index contributed by atoms with van der Waals surface area (Å²) in [5.74, 6) is 0. The molecule has 1 aliphatic carbocycles. The monoisotopic (exact) mass is 637 g/mol. The molecule has 3 saturated heterocycles. The van der Waals surface area contributed by atoms with Gasteiger partial charge in [0, 0.05) is 24.9 Å². The maximum atomic E-state index is 12.9. The first-order chi connectivity index (χ1) is 22.2. The molecule has 8 heteroatoms. The van der Waals surface area contributed by atoms with Crippen LogP contribution in [0.15, 0.2) is 47.6 Å². The molecule has 0 radical (unpaired) electrons. The quantitative estimate of drug-likeness (QED) is 0.334. The van der Waals surface area contributed by atoms with Crippen molar-refractivity contribution in [2.75, 3.05) is 26.7 Å². The average Bonchev–Trinajstić information content (AvgIpc) is 3.79. The molecule has 0 bridgehead atoms. The summed E-state index contributed by atoms with van der Waals surface area (Å²) in [5.41, 5.74) is 9.19. The van der Waals surface area contributed by atoms with Crippen molar-refractivity contribution in [1.29, 1.82) is 0 Å². The molecule has 2 aromatic carbocycles. The van der Waals surface area contributed by atoms with E-state index in [9.17, 15) is 4.79 Å². The maximum Gasteiger partial charge on any atom is 0.495 e. The molecular weight excluding hydrogens is 585 g/mol. The van der Waals surface area contributed by atoms with Crippen molar-refractivity contribution in [2.45, 2.75) is 122 Å². The Kier molecular flexibility index (Phi) is 8.04. The van der Waals surface area contributed by atoms with Gasteiger partial charge in [-0.25, -0.2) is 4.79 Å². The third-order valence-electron chi connectivity index (χ3n) is 11.8. The lowest BCUT2D eigenvalue weighted by Crippen LogP contribution is -2.43. The number of fused-ring (bicyclic) bond motifs is 2. The van der Waals surface area contributed by atoms with Gasteiger partial charge in [0.1, 0.15) is 5.60 Å². The fourth-order valence-electron chi connectivity index (χ4n) is 8.35. The highest BCUT2D eigenvalue weighted by Crippen LogP contribution is 2.50. The summed E-state index contributed by atoms with van der Waals surface area (Å²) in [6, 6.07) is 13.7. The largest absolute Gasteiger partial charge is 0.495 e. The van der Waals surface area contributed by atoms with Gasteiger partial charge >= 0.3 is 13.2 Å². The SMILES string of the molecule is CN1CCC2(CCc3c(B4OC(C)(C)C(C)(C)O4)ccc(-c4ccc(C5=CN=C([C@@H]6CCCN6C(=O)OC(C)(C)C)C5)cc4)c32)CC1. The molecule has 7 nitrogen and oxygen atoms in total.